The average Bonchev–Trinajstić information content (AvgIpc) is 3.00. The largest absolute Gasteiger partial charge is 0.458 e. The molecule has 0 aliphatic heterocycles. The van der Waals surface area contributed by atoms with Gasteiger partial charge in [-0.2, -0.15) is 11.3 Å². The van der Waals surface area contributed by atoms with Crippen LogP contribution in [-0.2, 0) is 0 Å². The van der Waals surface area contributed by atoms with E-state index in [0.29, 0.717) is 0 Å². The fourth-order valence-electron chi connectivity index (χ4n) is 2.10. The molecule has 1 aromatic carbocycles. The summed E-state index contributed by atoms with van der Waals surface area (Å²) < 4.78 is 6.96. The Kier molecular flexibility index (Phi) is 3.24. The van der Waals surface area contributed by atoms with Gasteiger partial charge >= 0.3 is 0 Å². The Labute approximate surface area is 118 Å². The highest BCUT2D eigenvalue weighted by atomic mass is 79.9. The highest BCUT2D eigenvalue weighted by Gasteiger charge is 2.17. The summed E-state index contributed by atoms with van der Waals surface area (Å²) in [5.41, 5.74) is 2.14. The molecule has 0 saturated heterocycles. The molecule has 0 spiro atoms. The van der Waals surface area contributed by atoms with Crippen molar-refractivity contribution in [3.8, 4) is 0 Å². The smallest absolute Gasteiger partial charge is 0.148 e. The lowest BCUT2D eigenvalue weighted by molar-refractivity contribution is 0.491. The van der Waals surface area contributed by atoms with Crippen LogP contribution in [-0.4, -0.2) is 7.05 Å². The van der Waals surface area contributed by atoms with E-state index < -0.39 is 0 Å². The van der Waals surface area contributed by atoms with Crippen LogP contribution in [0.2, 0.25) is 0 Å². The molecule has 2 heterocycles. The molecule has 0 amide bonds. The number of para-hydroxylation sites is 1. The zero-order valence-corrected chi connectivity index (χ0v) is 12.2. The highest BCUT2D eigenvalue weighted by molar-refractivity contribution is 9.10. The maximum Gasteiger partial charge on any atom is 0.148 e. The Hall–Kier alpha value is -1.10. The van der Waals surface area contributed by atoms with Gasteiger partial charge in [-0.25, -0.2) is 0 Å². The van der Waals surface area contributed by atoms with Gasteiger partial charge in [-0.15, -0.1) is 0 Å². The van der Waals surface area contributed by atoms with Gasteiger partial charge in [-0.1, -0.05) is 12.1 Å². The van der Waals surface area contributed by atoms with Gasteiger partial charge in [0.05, 0.1) is 10.5 Å². The summed E-state index contributed by atoms with van der Waals surface area (Å²) in [5, 5.41) is 8.64. The van der Waals surface area contributed by atoms with Gasteiger partial charge in [-0.05, 0) is 57.5 Å². The van der Waals surface area contributed by atoms with E-state index >= 15 is 0 Å². The third-order valence-electron chi connectivity index (χ3n) is 2.96. The zero-order valence-electron chi connectivity index (χ0n) is 9.81. The first-order chi connectivity index (χ1) is 8.79. The lowest BCUT2D eigenvalue weighted by Crippen LogP contribution is -2.16. The van der Waals surface area contributed by atoms with Gasteiger partial charge in [0.2, 0.25) is 0 Å². The van der Waals surface area contributed by atoms with E-state index in [9.17, 15) is 0 Å². The summed E-state index contributed by atoms with van der Waals surface area (Å²) in [6.45, 7) is 0. The summed E-state index contributed by atoms with van der Waals surface area (Å²) in [7, 11) is 1.95. The molecule has 3 aromatic rings. The quantitative estimate of drug-likeness (QED) is 0.764. The molecule has 92 valence electrons. The van der Waals surface area contributed by atoms with E-state index in [-0.39, 0.29) is 6.04 Å². The molecule has 0 radical (unpaired) electrons. The van der Waals surface area contributed by atoms with Crippen LogP contribution in [0.15, 0.2) is 50.0 Å². The Bertz CT molecular complexity index is 660. The Morgan fingerprint density at radius 2 is 2.22 bits per heavy atom. The summed E-state index contributed by atoms with van der Waals surface area (Å²) >= 11 is 5.21. The minimum Gasteiger partial charge on any atom is -0.458 e. The van der Waals surface area contributed by atoms with Crippen LogP contribution in [0, 0.1) is 0 Å². The van der Waals surface area contributed by atoms with E-state index in [1.807, 2.05) is 19.2 Å². The number of rotatable bonds is 3. The lowest BCUT2D eigenvalue weighted by atomic mass is 10.1. The number of furan rings is 1. The Balaban J connectivity index is 2.11. The molecule has 0 bridgehead atoms. The minimum atomic E-state index is 0.107. The van der Waals surface area contributed by atoms with Gasteiger partial charge in [0.1, 0.15) is 11.3 Å². The third-order valence-corrected chi connectivity index (χ3v) is 4.29. The average molecular weight is 322 g/mol. The topological polar surface area (TPSA) is 25.2 Å². The summed E-state index contributed by atoms with van der Waals surface area (Å²) in [6, 6.07) is 10.4. The molecule has 0 aliphatic rings. The molecule has 1 unspecified atom stereocenters. The number of halogens is 1. The summed E-state index contributed by atoms with van der Waals surface area (Å²) in [5.74, 6) is 0.942. The van der Waals surface area contributed by atoms with Crippen molar-refractivity contribution in [3.63, 3.8) is 0 Å². The van der Waals surface area contributed by atoms with Crippen LogP contribution in [0.1, 0.15) is 17.4 Å². The normalized spacial score (nSPS) is 13.0. The van der Waals surface area contributed by atoms with Gasteiger partial charge in [0.25, 0.3) is 0 Å². The molecule has 1 N–H and O–H groups in total. The molecule has 4 heteroatoms. The molecule has 1 atom stereocenters. The van der Waals surface area contributed by atoms with Gasteiger partial charge < -0.3 is 9.73 Å². The van der Waals surface area contributed by atoms with Crippen molar-refractivity contribution in [3.05, 3.63) is 56.9 Å². The van der Waals surface area contributed by atoms with Crippen molar-refractivity contribution in [2.24, 2.45) is 0 Å². The monoisotopic (exact) mass is 321 g/mol. The van der Waals surface area contributed by atoms with Gasteiger partial charge in [0, 0.05) is 5.39 Å². The van der Waals surface area contributed by atoms with Crippen molar-refractivity contribution in [2.75, 3.05) is 7.05 Å². The Morgan fingerprint density at radius 1 is 1.33 bits per heavy atom. The van der Waals surface area contributed by atoms with E-state index in [1.165, 1.54) is 5.56 Å². The lowest BCUT2D eigenvalue weighted by Gasteiger charge is -2.11. The summed E-state index contributed by atoms with van der Waals surface area (Å²) in [6.07, 6.45) is 0. The van der Waals surface area contributed by atoms with Crippen molar-refractivity contribution >= 4 is 38.2 Å². The fourth-order valence-corrected chi connectivity index (χ4v) is 3.25. The highest BCUT2D eigenvalue weighted by Crippen LogP contribution is 2.32. The molecule has 2 aromatic heterocycles. The first-order valence-corrected chi connectivity index (χ1v) is 7.40. The number of hydrogen-bond donors (Lipinski definition) is 1. The second kappa shape index (κ2) is 4.88. The van der Waals surface area contributed by atoms with Crippen molar-refractivity contribution < 1.29 is 4.42 Å². The van der Waals surface area contributed by atoms with Crippen LogP contribution < -0.4 is 5.32 Å². The van der Waals surface area contributed by atoms with Gasteiger partial charge in [-0.3, -0.25) is 0 Å². The molecule has 3 rings (SSSR count). The van der Waals surface area contributed by atoms with Crippen molar-refractivity contribution in [2.45, 2.75) is 6.04 Å². The van der Waals surface area contributed by atoms with E-state index in [2.05, 4.69) is 50.2 Å². The number of hydrogen-bond acceptors (Lipinski definition) is 3. The van der Waals surface area contributed by atoms with E-state index in [1.54, 1.807) is 11.3 Å². The second-order valence-corrected chi connectivity index (χ2v) is 5.72. The van der Waals surface area contributed by atoms with Crippen LogP contribution in [0.5, 0.6) is 0 Å². The second-order valence-electron chi connectivity index (χ2n) is 4.09. The van der Waals surface area contributed by atoms with Crippen LogP contribution in [0.3, 0.4) is 0 Å². The number of thiophene rings is 1. The van der Waals surface area contributed by atoms with Crippen LogP contribution in [0.4, 0.5) is 0 Å². The number of benzene rings is 1. The van der Waals surface area contributed by atoms with Crippen molar-refractivity contribution in [1.82, 2.24) is 5.32 Å². The predicted octanol–water partition coefficient (Wildman–Crippen LogP) is 4.57. The molecule has 18 heavy (non-hydrogen) atoms. The standard InChI is InChI=1S/C14H12BrNOS/c1-16-13(10-5-6-18-8-10)12-7-9-3-2-4-11(15)14(9)17-12/h2-8,13,16H,1H3. The maximum atomic E-state index is 5.97. The first-order valence-electron chi connectivity index (χ1n) is 5.67. The minimum absolute atomic E-state index is 0.107. The zero-order chi connectivity index (χ0) is 12.5. The van der Waals surface area contributed by atoms with Gasteiger partial charge in [0.15, 0.2) is 0 Å². The van der Waals surface area contributed by atoms with Crippen LogP contribution >= 0.6 is 27.3 Å². The predicted molar refractivity (Wildman–Crippen MR) is 79.1 cm³/mol. The SMILES string of the molecule is CNC(c1ccsc1)c1cc2cccc(Br)c2o1. The molecule has 2 nitrogen and oxygen atoms in total. The Morgan fingerprint density at radius 3 is 2.89 bits per heavy atom. The van der Waals surface area contributed by atoms with E-state index in [0.717, 1.165) is 21.2 Å². The molecule has 0 saturated carbocycles. The first kappa shape index (κ1) is 12.0. The van der Waals surface area contributed by atoms with Crippen LogP contribution in [0.25, 0.3) is 11.0 Å². The number of fused-ring (bicyclic) bond motifs is 1. The molecule has 0 fully saturated rings. The van der Waals surface area contributed by atoms with E-state index in [4.69, 9.17) is 4.42 Å². The fraction of sp³-hybridized carbons (Fsp3) is 0.143. The molecule has 0 aliphatic carbocycles. The third kappa shape index (κ3) is 2.00. The molecular formula is C14H12BrNOS. The van der Waals surface area contributed by atoms with Crippen molar-refractivity contribution in [1.29, 1.82) is 0 Å². The molecular weight excluding hydrogens is 310 g/mol. The number of nitrogens with one attached hydrogen (secondary N) is 1. The maximum absolute atomic E-state index is 5.97. The summed E-state index contributed by atoms with van der Waals surface area (Å²) in [4.78, 5) is 0.